The van der Waals surface area contributed by atoms with E-state index < -0.39 is 0 Å². The second kappa shape index (κ2) is 3.58. The summed E-state index contributed by atoms with van der Waals surface area (Å²) in [5, 5.41) is 10.6. The maximum absolute atomic E-state index is 8.04. The number of aromatic nitrogens is 4. The normalized spacial score (nSPS) is 9.71. The van der Waals surface area contributed by atoms with E-state index in [1.165, 1.54) is 12.5 Å². The molecule has 2 aromatic rings. The van der Waals surface area contributed by atoms with Gasteiger partial charge in [-0.25, -0.2) is 4.98 Å². The zero-order valence-corrected chi connectivity index (χ0v) is 6.95. The Bertz CT molecular complexity index is 486. The molecule has 8 nitrogen and oxygen atoms in total. The monoisotopic (exact) mass is 191 g/mol. The van der Waals surface area contributed by atoms with Gasteiger partial charge < -0.3 is 9.72 Å². The predicted octanol–water partition coefficient (Wildman–Crippen LogP) is 0.999. The minimum Gasteiger partial charge on any atom is -0.469 e. The third kappa shape index (κ3) is 1.41. The number of nitrogens with one attached hydrogen (secondary N) is 1. The number of azide groups is 1. The Balaban J connectivity index is 2.31. The van der Waals surface area contributed by atoms with Crippen LogP contribution in [0.4, 0.5) is 0 Å². The van der Waals surface area contributed by atoms with Crippen LogP contribution in [-0.4, -0.2) is 26.9 Å². The molecule has 70 valence electrons. The lowest BCUT2D eigenvalue weighted by Crippen LogP contribution is -1.97. The molecule has 2 aromatic heterocycles. The number of rotatable bonds is 3. The highest BCUT2D eigenvalue weighted by atomic mass is 16.5. The summed E-state index contributed by atoms with van der Waals surface area (Å²) in [5.74, 6) is 0.246. The van der Waals surface area contributed by atoms with E-state index in [1.54, 1.807) is 0 Å². The van der Waals surface area contributed by atoms with Crippen molar-refractivity contribution in [2.75, 3.05) is 6.73 Å². The average molecular weight is 191 g/mol. The third-order valence-corrected chi connectivity index (χ3v) is 1.53. The molecule has 0 aliphatic carbocycles. The molecule has 8 heteroatoms. The Morgan fingerprint density at radius 3 is 3.43 bits per heavy atom. The van der Waals surface area contributed by atoms with Gasteiger partial charge in [-0.3, -0.25) is 0 Å². The fraction of sp³-hybridized carbons (Fsp3) is 0.167. The van der Waals surface area contributed by atoms with Crippen LogP contribution >= 0.6 is 0 Å². The molecule has 1 N–H and O–H groups in total. The van der Waals surface area contributed by atoms with E-state index in [4.69, 9.17) is 10.3 Å². The number of fused-ring (bicyclic) bond motifs is 1. The summed E-state index contributed by atoms with van der Waals surface area (Å²) in [4.78, 5) is 9.37. The van der Waals surface area contributed by atoms with Crippen LogP contribution in [-0.2, 0) is 0 Å². The quantitative estimate of drug-likeness (QED) is 0.442. The standard InChI is InChI=1S/C6H5N7O/c7-13-11-3-14-6-5-4(1-10-12-6)8-2-9-5/h1-2H,3H2,(H,8,9). The van der Waals surface area contributed by atoms with Crippen molar-refractivity contribution in [2.45, 2.75) is 0 Å². The smallest absolute Gasteiger partial charge is 0.261 e. The molecule has 0 bridgehead atoms. The molecule has 14 heavy (non-hydrogen) atoms. The van der Waals surface area contributed by atoms with Crippen molar-refractivity contribution in [2.24, 2.45) is 5.11 Å². The van der Waals surface area contributed by atoms with Crippen molar-refractivity contribution >= 4 is 11.0 Å². The Hall–Kier alpha value is -2.34. The van der Waals surface area contributed by atoms with Crippen molar-refractivity contribution in [1.82, 2.24) is 20.2 Å². The molecule has 0 fully saturated rings. The Morgan fingerprint density at radius 2 is 2.57 bits per heavy atom. The molecular weight excluding hydrogens is 186 g/mol. The number of hydrogen-bond donors (Lipinski definition) is 1. The largest absolute Gasteiger partial charge is 0.469 e. The van der Waals surface area contributed by atoms with Crippen LogP contribution in [0.1, 0.15) is 0 Å². The first-order valence-electron chi connectivity index (χ1n) is 3.70. The number of H-pyrrole nitrogens is 1. The van der Waals surface area contributed by atoms with Crippen molar-refractivity contribution in [3.8, 4) is 5.88 Å². The SMILES string of the molecule is [N-]=[N+]=NCOc1nncc2[nH]cnc12. The van der Waals surface area contributed by atoms with Crippen LogP contribution in [0.15, 0.2) is 17.6 Å². The van der Waals surface area contributed by atoms with Crippen LogP contribution in [0.2, 0.25) is 0 Å². The molecule has 0 radical (unpaired) electrons. The summed E-state index contributed by atoms with van der Waals surface area (Å²) in [6, 6.07) is 0. The highest BCUT2D eigenvalue weighted by Gasteiger charge is 2.05. The van der Waals surface area contributed by atoms with Crippen LogP contribution in [0.3, 0.4) is 0 Å². The molecule has 0 aliphatic rings. The Morgan fingerprint density at radius 1 is 1.64 bits per heavy atom. The van der Waals surface area contributed by atoms with Gasteiger partial charge in [0.1, 0.15) is 0 Å². The summed E-state index contributed by atoms with van der Waals surface area (Å²) in [6.07, 6.45) is 3.04. The van der Waals surface area contributed by atoms with E-state index in [1.807, 2.05) is 0 Å². The molecule has 0 spiro atoms. The van der Waals surface area contributed by atoms with E-state index in [-0.39, 0.29) is 12.6 Å². The Kier molecular flexibility index (Phi) is 2.12. The second-order valence-electron chi connectivity index (χ2n) is 2.32. The summed E-state index contributed by atoms with van der Waals surface area (Å²) < 4.78 is 5.04. The first kappa shape index (κ1) is 8.27. The van der Waals surface area contributed by atoms with Crippen molar-refractivity contribution in [1.29, 1.82) is 0 Å². The van der Waals surface area contributed by atoms with Gasteiger partial charge in [0.15, 0.2) is 12.2 Å². The zero-order valence-electron chi connectivity index (χ0n) is 6.95. The molecule has 2 heterocycles. The fourth-order valence-corrected chi connectivity index (χ4v) is 0.973. The summed E-state index contributed by atoms with van der Waals surface area (Å²) in [6.45, 7) is -0.128. The minimum absolute atomic E-state index is 0.128. The van der Waals surface area contributed by atoms with E-state index in [0.717, 1.165) is 5.52 Å². The lowest BCUT2D eigenvalue weighted by molar-refractivity contribution is 0.316. The van der Waals surface area contributed by atoms with Gasteiger partial charge in [-0.2, -0.15) is 5.10 Å². The second-order valence-corrected chi connectivity index (χ2v) is 2.32. The van der Waals surface area contributed by atoms with Crippen molar-refractivity contribution in [3.63, 3.8) is 0 Å². The number of aromatic amines is 1. The van der Waals surface area contributed by atoms with Crippen LogP contribution < -0.4 is 4.74 Å². The lowest BCUT2D eigenvalue weighted by Gasteiger charge is -1.99. The number of hydrogen-bond acceptors (Lipinski definition) is 5. The maximum atomic E-state index is 8.04. The fourth-order valence-electron chi connectivity index (χ4n) is 0.973. The van der Waals surface area contributed by atoms with Gasteiger partial charge in [0.2, 0.25) is 0 Å². The first-order chi connectivity index (χ1) is 6.92. The van der Waals surface area contributed by atoms with Gasteiger partial charge in [-0.15, -0.1) is 5.10 Å². The third-order valence-electron chi connectivity index (χ3n) is 1.53. The van der Waals surface area contributed by atoms with Gasteiger partial charge in [-0.05, 0) is 5.53 Å². The molecule has 0 amide bonds. The Labute approximate surface area is 77.6 Å². The highest BCUT2D eigenvalue weighted by molar-refractivity contribution is 5.77. The van der Waals surface area contributed by atoms with E-state index >= 15 is 0 Å². The summed E-state index contributed by atoms with van der Waals surface area (Å²) in [5.41, 5.74) is 9.32. The van der Waals surface area contributed by atoms with Gasteiger partial charge in [0, 0.05) is 4.91 Å². The number of ether oxygens (including phenoxy) is 1. The minimum atomic E-state index is -0.128. The zero-order chi connectivity index (χ0) is 9.80. The molecule has 0 saturated heterocycles. The first-order valence-corrected chi connectivity index (χ1v) is 3.70. The molecule has 0 aliphatic heterocycles. The van der Waals surface area contributed by atoms with Gasteiger partial charge >= 0.3 is 0 Å². The summed E-state index contributed by atoms with van der Waals surface area (Å²) >= 11 is 0. The van der Waals surface area contributed by atoms with Gasteiger partial charge in [0.25, 0.3) is 5.88 Å². The van der Waals surface area contributed by atoms with Crippen molar-refractivity contribution < 1.29 is 4.74 Å². The van der Waals surface area contributed by atoms with E-state index in [0.29, 0.717) is 5.52 Å². The topological polar surface area (TPSA) is 112 Å². The van der Waals surface area contributed by atoms with Gasteiger partial charge in [-0.1, -0.05) is 5.11 Å². The lowest BCUT2D eigenvalue weighted by atomic mass is 10.5. The van der Waals surface area contributed by atoms with Crippen LogP contribution in [0, 0.1) is 0 Å². The summed E-state index contributed by atoms with van der Waals surface area (Å²) in [7, 11) is 0. The molecule has 0 aromatic carbocycles. The van der Waals surface area contributed by atoms with Crippen molar-refractivity contribution in [3.05, 3.63) is 23.0 Å². The highest BCUT2D eigenvalue weighted by Crippen LogP contribution is 2.17. The van der Waals surface area contributed by atoms with E-state index in [2.05, 4.69) is 30.2 Å². The number of imidazole rings is 1. The molecular formula is C6H5N7O. The van der Waals surface area contributed by atoms with E-state index in [9.17, 15) is 0 Å². The van der Waals surface area contributed by atoms with Crippen LogP contribution in [0.5, 0.6) is 5.88 Å². The van der Waals surface area contributed by atoms with Gasteiger partial charge in [0.05, 0.1) is 18.0 Å². The number of nitrogens with zero attached hydrogens (tertiary/aromatic N) is 6. The predicted molar refractivity (Wildman–Crippen MR) is 46.3 cm³/mol. The molecule has 2 rings (SSSR count). The molecule has 0 unspecified atom stereocenters. The average Bonchev–Trinajstić information content (AvgIpc) is 2.67. The molecule has 0 atom stereocenters. The maximum Gasteiger partial charge on any atom is 0.261 e. The van der Waals surface area contributed by atoms with Crippen LogP contribution in [0.25, 0.3) is 21.5 Å². The molecule has 0 saturated carbocycles.